The Kier molecular flexibility index (Phi) is 9.86. The normalized spacial score (nSPS) is 14.6. The smallest absolute Gasteiger partial charge is 0.322 e. The molecule has 0 aromatic carbocycles. The number of ether oxygens (including phenoxy) is 3. The molecule has 0 aliphatic rings. The summed E-state index contributed by atoms with van der Waals surface area (Å²) in [6.45, 7) is 7.03. The van der Waals surface area contributed by atoms with Crippen molar-refractivity contribution in [2.75, 3.05) is 33.5 Å². The molecule has 0 spiro atoms. The van der Waals surface area contributed by atoms with Gasteiger partial charge in [-0.2, -0.15) is 0 Å². The largest absolute Gasteiger partial charge is 0.468 e. The quantitative estimate of drug-likeness (QED) is 0.425. The van der Waals surface area contributed by atoms with Gasteiger partial charge in [-0.15, -0.1) is 0 Å². The Balaban J connectivity index is 3.48. The molecule has 108 valence electrons. The van der Waals surface area contributed by atoms with Crippen LogP contribution < -0.4 is 5.32 Å². The van der Waals surface area contributed by atoms with Crippen molar-refractivity contribution in [1.82, 2.24) is 5.32 Å². The highest BCUT2D eigenvalue weighted by Gasteiger charge is 2.14. The average molecular weight is 263 g/mol. The van der Waals surface area contributed by atoms with Crippen molar-refractivity contribution in [2.24, 2.45) is 0 Å². The topological polar surface area (TPSA) is 77.0 Å². The molecule has 0 radical (unpaired) electrons. The molecule has 0 saturated carbocycles. The Labute approximate surface area is 109 Å². The van der Waals surface area contributed by atoms with Gasteiger partial charge in [0.05, 0.1) is 39.1 Å². The molecule has 0 heterocycles. The van der Waals surface area contributed by atoms with E-state index < -0.39 is 12.1 Å². The van der Waals surface area contributed by atoms with Crippen LogP contribution >= 0.6 is 0 Å². The Hall–Kier alpha value is -0.690. The lowest BCUT2D eigenvalue weighted by Crippen LogP contribution is -2.40. The van der Waals surface area contributed by atoms with Crippen LogP contribution in [0, 0.1) is 0 Å². The van der Waals surface area contributed by atoms with Gasteiger partial charge in [0, 0.05) is 6.54 Å². The van der Waals surface area contributed by atoms with Crippen molar-refractivity contribution in [3.8, 4) is 0 Å². The zero-order chi connectivity index (χ0) is 14.0. The van der Waals surface area contributed by atoms with E-state index in [1.807, 2.05) is 13.8 Å². The first-order chi connectivity index (χ1) is 8.47. The van der Waals surface area contributed by atoms with E-state index in [-0.39, 0.29) is 25.2 Å². The molecule has 0 fully saturated rings. The van der Waals surface area contributed by atoms with E-state index in [2.05, 4.69) is 10.1 Å². The summed E-state index contributed by atoms with van der Waals surface area (Å²) in [4.78, 5) is 11.1. The molecule has 0 aromatic heterocycles. The zero-order valence-corrected chi connectivity index (χ0v) is 11.6. The minimum absolute atomic E-state index is 0.182. The molecular weight excluding hydrogens is 238 g/mol. The molecule has 6 nitrogen and oxygen atoms in total. The van der Waals surface area contributed by atoms with E-state index in [0.717, 1.165) is 0 Å². The van der Waals surface area contributed by atoms with E-state index in [1.54, 1.807) is 6.92 Å². The molecule has 2 N–H and O–H groups in total. The summed E-state index contributed by atoms with van der Waals surface area (Å²) >= 11 is 0. The van der Waals surface area contributed by atoms with E-state index in [9.17, 15) is 9.90 Å². The SMILES string of the molecule is COC(=O)C(C)NCC(O)COCCOC(C)C. The highest BCUT2D eigenvalue weighted by Crippen LogP contribution is 1.91. The number of esters is 1. The number of hydrogen-bond acceptors (Lipinski definition) is 6. The van der Waals surface area contributed by atoms with Gasteiger partial charge in [-0.25, -0.2) is 0 Å². The minimum Gasteiger partial charge on any atom is -0.468 e. The van der Waals surface area contributed by atoms with Crippen LogP contribution in [0.2, 0.25) is 0 Å². The van der Waals surface area contributed by atoms with Gasteiger partial charge in [-0.05, 0) is 20.8 Å². The average Bonchev–Trinajstić information content (AvgIpc) is 2.34. The molecular formula is C12H25NO5. The monoisotopic (exact) mass is 263 g/mol. The number of carbonyl (C=O) groups is 1. The number of aliphatic hydroxyl groups excluding tert-OH is 1. The van der Waals surface area contributed by atoms with Gasteiger partial charge in [0.2, 0.25) is 0 Å². The summed E-state index contributed by atoms with van der Waals surface area (Å²) in [6.07, 6.45) is -0.475. The summed E-state index contributed by atoms with van der Waals surface area (Å²) in [5, 5.41) is 12.4. The van der Waals surface area contributed by atoms with Crippen LogP contribution in [0.1, 0.15) is 20.8 Å². The molecule has 0 saturated heterocycles. The fourth-order valence-electron chi connectivity index (χ4n) is 1.19. The predicted octanol–water partition coefficient (Wildman–Crippen LogP) is -0.0600. The van der Waals surface area contributed by atoms with E-state index in [0.29, 0.717) is 13.2 Å². The lowest BCUT2D eigenvalue weighted by molar-refractivity contribution is -0.142. The molecule has 2 unspecified atom stereocenters. The molecule has 0 aromatic rings. The zero-order valence-electron chi connectivity index (χ0n) is 11.6. The first-order valence-electron chi connectivity index (χ1n) is 6.16. The number of methoxy groups -OCH3 is 1. The summed E-state index contributed by atoms with van der Waals surface area (Å²) in [6, 6.07) is -0.436. The van der Waals surface area contributed by atoms with Crippen LogP contribution in [0.25, 0.3) is 0 Å². The Morgan fingerprint density at radius 1 is 1.28 bits per heavy atom. The first kappa shape index (κ1) is 17.3. The van der Waals surface area contributed by atoms with Crippen LogP contribution in [-0.2, 0) is 19.0 Å². The second-order valence-corrected chi connectivity index (χ2v) is 4.30. The van der Waals surface area contributed by atoms with Crippen LogP contribution in [-0.4, -0.2) is 62.8 Å². The Morgan fingerprint density at radius 3 is 2.50 bits per heavy atom. The third kappa shape index (κ3) is 9.35. The van der Waals surface area contributed by atoms with Gasteiger partial charge in [0.25, 0.3) is 0 Å². The number of rotatable bonds is 10. The molecule has 0 rings (SSSR count). The van der Waals surface area contributed by atoms with Gasteiger partial charge in [-0.3, -0.25) is 4.79 Å². The fraction of sp³-hybridized carbons (Fsp3) is 0.917. The summed E-state index contributed by atoms with van der Waals surface area (Å²) in [7, 11) is 1.33. The van der Waals surface area contributed by atoms with Crippen molar-refractivity contribution in [3.63, 3.8) is 0 Å². The first-order valence-corrected chi connectivity index (χ1v) is 6.16. The maximum absolute atomic E-state index is 11.1. The lowest BCUT2D eigenvalue weighted by Gasteiger charge is -2.16. The third-order valence-electron chi connectivity index (χ3n) is 2.20. The summed E-state index contributed by atoms with van der Waals surface area (Å²) in [5.41, 5.74) is 0. The number of carbonyl (C=O) groups excluding carboxylic acids is 1. The molecule has 0 amide bonds. The highest BCUT2D eigenvalue weighted by molar-refractivity contribution is 5.75. The van der Waals surface area contributed by atoms with Gasteiger partial charge in [-0.1, -0.05) is 0 Å². The highest BCUT2D eigenvalue weighted by atomic mass is 16.5. The van der Waals surface area contributed by atoms with E-state index >= 15 is 0 Å². The van der Waals surface area contributed by atoms with Crippen molar-refractivity contribution in [3.05, 3.63) is 0 Å². The molecule has 18 heavy (non-hydrogen) atoms. The van der Waals surface area contributed by atoms with Gasteiger partial charge in [0.15, 0.2) is 0 Å². The molecule has 0 aliphatic carbocycles. The minimum atomic E-state index is -0.656. The number of aliphatic hydroxyl groups is 1. The Morgan fingerprint density at radius 2 is 1.94 bits per heavy atom. The van der Waals surface area contributed by atoms with Crippen molar-refractivity contribution < 1.29 is 24.1 Å². The van der Waals surface area contributed by atoms with Gasteiger partial charge in [0.1, 0.15) is 6.04 Å². The second-order valence-electron chi connectivity index (χ2n) is 4.30. The molecule has 6 heteroatoms. The molecule has 0 bridgehead atoms. The molecule has 2 atom stereocenters. The van der Waals surface area contributed by atoms with Gasteiger partial charge >= 0.3 is 5.97 Å². The van der Waals surface area contributed by atoms with Crippen LogP contribution in [0.15, 0.2) is 0 Å². The maximum Gasteiger partial charge on any atom is 0.322 e. The maximum atomic E-state index is 11.1. The summed E-state index contributed by atoms with van der Waals surface area (Å²) in [5.74, 6) is -0.353. The van der Waals surface area contributed by atoms with Crippen LogP contribution in [0.3, 0.4) is 0 Å². The van der Waals surface area contributed by atoms with Crippen molar-refractivity contribution in [2.45, 2.75) is 39.0 Å². The van der Waals surface area contributed by atoms with Crippen molar-refractivity contribution in [1.29, 1.82) is 0 Å². The van der Waals surface area contributed by atoms with Gasteiger partial charge < -0.3 is 24.6 Å². The fourth-order valence-corrected chi connectivity index (χ4v) is 1.19. The predicted molar refractivity (Wildman–Crippen MR) is 67.4 cm³/mol. The Bertz CT molecular complexity index is 223. The van der Waals surface area contributed by atoms with Crippen LogP contribution in [0.4, 0.5) is 0 Å². The second kappa shape index (κ2) is 10.3. The van der Waals surface area contributed by atoms with E-state index in [4.69, 9.17) is 9.47 Å². The third-order valence-corrected chi connectivity index (χ3v) is 2.20. The van der Waals surface area contributed by atoms with Crippen molar-refractivity contribution >= 4 is 5.97 Å². The number of hydrogen-bond donors (Lipinski definition) is 2. The summed E-state index contributed by atoms with van der Waals surface area (Å²) < 4.78 is 15.1. The standard InChI is InChI=1S/C12H25NO5/c1-9(2)18-6-5-17-8-11(14)7-13-10(3)12(15)16-4/h9-11,13-14H,5-8H2,1-4H3. The van der Waals surface area contributed by atoms with E-state index in [1.165, 1.54) is 7.11 Å². The van der Waals surface area contributed by atoms with Crippen LogP contribution in [0.5, 0.6) is 0 Å². The molecule has 0 aliphatic heterocycles. The lowest BCUT2D eigenvalue weighted by atomic mass is 10.3. The number of nitrogens with one attached hydrogen (secondary N) is 1.